The molecule has 1 aromatic rings. The number of esters is 1. The van der Waals surface area contributed by atoms with E-state index in [0.717, 1.165) is 5.82 Å². The molecule has 1 aromatic heterocycles. The molecule has 0 aliphatic heterocycles. The smallest absolute Gasteiger partial charge is 0.310 e. The molecule has 0 bridgehead atoms. The number of anilines is 1. The van der Waals surface area contributed by atoms with Gasteiger partial charge in [-0.3, -0.25) is 4.79 Å². The maximum absolute atomic E-state index is 11.2. The number of halogens is 1. The first-order chi connectivity index (χ1) is 7.54. The molecule has 88 valence electrons. The van der Waals surface area contributed by atoms with Crippen LogP contribution in [-0.4, -0.2) is 31.7 Å². The molecular formula is C11H15ClN2O2. The van der Waals surface area contributed by atoms with Gasteiger partial charge < -0.3 is 9.64 Å². The fraction of sp³-hybridized carbons (Fsp3) is 0.455. The number of rotatable bonds is 4. The Morgan fingerprint density at radius 3 is 2.81 bits per heavy atom. The molecule has 0 fully saturated rings. The van der Waals surface area contributed by atoms with E-state index in [9.17, 15) is 4.79 Å². The normalized spacial score (nSPS) is 12.0. The molecular weight excluding hydrogens is 228 g/mol. The van der Waals surface area contributed by atoms with E-state index in [0.29, 0.717) is 11.6 Å². The maximum atomic E-state index is 11.2. The van der Waals surface area contributed by atoms with Crippen molar-refractivity contribution in [1.82, 2.24) is 4.98 Å². The molecule has 1 rings (SSSR count). The Kier molecular flexibility index (Phi) is 4.55. The average Bonchev–Trinajstić information content (AvgIpc) is 2.28. The van der Waals surface area contributed by atoms with Crippen LogP contribution in [0.5, 0.6) is 0 Å². The molecule has 5 heteroatoms. The van der Waals surface area contributed by atoms with E-state index in [-0.39, 0.29) is 11.9 Å². The number of hydrogen-bond acceptors (Lipinski definition) is 4. The van der Waals surface area contributed by atoms with Gasteiger partial charge in [-0.2, -0.15) is 0 Å². The van der Waals surface area contributed by atoms with Crippen LogP contribution in [0.1, 0.15) is 6.92 Å². The van der Waals surface area contributed by atoms with E-state index in [2.05, 4.69) is 9.72 Å². The Morgan fingerprint density at radius 2 is 2.31 bits per heavy atom. The first-order valence-electron chi connectivity index (χ1n) is 4.95. The minimum Gasteiger partial charge on any atom is -0.469 e. The monoisotopic (exact) mass is 242 g/mol. The van der Waals surface area contributed by atoms with Crippen LogP contribution < -0.4 is 4.90 Å². The number of hydrogen-bond donors (Lipinski definition) is 0. The summed E-state index contributed by atoms with van der Waals surface area (Å²) in [7, 11) is 3.26. The Bertz CT molecular complexity index is 354. The van der Waals surface area contributed by atoms with E-state index >= 15 is 0 Å². The lowest BCUT2D eigenvalue weighted by atomic mass is 10.2. The van der Waals surface area contributed by atoms with Gasteiger partial charge in [0.15, 0.2) is 0 Å². The van der Waals surface area contributed by atoms with Crippen molar-refractivity contribution in [3.05, 3.63) is 23.4 Å². The van der Waals surface area contributed by atoms with Crippen molar-refractivity contribution >= 4 is 23.4 Å². The number of carbonyl (C=O) groups excluding carboxylic acids is 1. The summed E-state index contributed by atoms with van der Waals surface area (Å²) in [4.78, 5) is 17.3. The van der Waals surface area contributed by atoms with Crippen LogP contribution in [0.2, 0.25) is 5.02 Å². The first-order valence-corrected chi connectivity index (χ1v) is 5.33. The molecule has 0 spiro atoms. The summed E-state index contributed by atoms with van der Waals surface area (Å²) in [5.41, 5.74) is 0. The van der Waals surface area contributed by atoms with Gasteiger partial charge in [-0.25, -0.2) is 4.98 Å². The standard InChI is InChI=1S/C11H15ClN2O2/c1-8(11(15)16-3)7-14(2)10-5-4-9(12)6-13-10/h4-6,8H,7H2,1-3H3. The van der Waals surface area contributed by atoms with Crippen LogP contribution in [-0.2, 0) is 9.53 Å². The summed E-state index contributed by atoms with van der Waals surface area (Å²) in [6.45, 7) is 2.37. The largest absolute Gasteiger partial charge is 0.469 e. The molecule has 0 aliphatic carbocycles. The van der Waals surface area contributed by atoms with Crippen LogP contribution >= 0.6 is 11.6 Å². The number of carbonyl (C=O) groups is 1. The van der Waals surface area contributed by atoms with Crippen LogP contribution in [0.3, 0.4) is 0 Å². The van der Waals surface area contributed by atoms with Gasteiger partial charge in [0, 0.05) is 19.8 Å². The molecule has 0 aromatic carbocycles. The van der Waals surface area contributed by atoms with Gasteiger partial charge in [-0.1, -0.05) is 18.5 Å². The van der Waals surface area contributed by atoms with Gasteiger partial charge in [0.05, 0.1) is 18.1 Å². The Hall–Kier alpha value is -1.29. The minimum atomic E-state index is -0.221. The van der Waals surface area contributed by atoms with Gasteiger partial charge in [0.1, 0.15) is 5.82 Å². The summed E-state index contributed by atoms with van der Waals surface area (Å²) in [6, 6.07) is 3.58. The van der Waals surface area contributed by atoms with E-state index in [4.69, 9.17) is 11.6 Å². The van der Waals surface area contributed by atoms with Crippen molar-refractivity contribution in [1.29, 1.82) is 0 Å². The molecule has 0 aliphatic rings. The highest BCUT2D eigenvalue weighted by Crippen LogP contribution is 2.14. The molecule has 1 atom stereocenters. The fourth-order valence-corrected chi connectivity index (χ4v) is 1.49. The summed E-state index contributed by atoms with van der Waals surface area (Å²) in [5.74, 6) is 0.369. The number of pyridine rings is 1. The molecule has 1 unspecified atom stereocenters. The van der Waals surface area contributed by atoms with Gasteiger partial charge in [-0.05, 0) is 12.1 Å². The van der Waals surface area contributed by atoms with E-state index < -0.39 is 0 Å². The third-order valence-electron chi connectivity index (χ3n) is 2.25. The van der Waals surface area contributed by atoms with Crippen molar-refractivity contribution in [3.63, 3.8) is 0 Å². The first kappa shape index (κ1) is 12.8. The molecule has 0 radical (unpaired) electrons. The number of ether oxygens (including phenoxy) is 1. The molecule has 4 nitrogen and oxygen atoms in total. The van der Waals surface area contributed by atoms with Gasteiger partial charge in [0.2, 0.25) is 0 Å². The average molecular weight is 243 g/mol. The molecule has 0 saturated carbocycles. The second kappa shape index (κ2) is 5.70. The topological polar surface area (TPSA) is 42.4 Å². The molecule has 0 N–H and O–H groups in total. The Labute approximate surface area is 100 Å². The van der Waals surface area contributed by atoms with Crippen molar-refractivity contribution < 1.29 is 9.53 Å². The summed E-state index contributed by atoms with van der Waals surface area (Å²) < 4.78 is 4.66. The lowest BCUT2D eigenvalue weighted by Gasteiger charge is -2.20. The van der Waals surface area contributed by atoms with Crippen LogP contribution in [0.25, 0.3) is 0 Å². The number of aromatic nitrogens is 1. The van der Waals surface area contributed by atoms with Gasteiger partial charge in [-0.15, -0.1) is 0 Å². The Balaban J connectivity index is 2.61. The molecule has 0 amide bonds. The van der Waals surface area contributed by atoms with Crippen molar-refractivity contribution in [2.45, 2.75) is 6.92 Å². The molecule has 16 heavy (non-hydrogen) atoms. The van der Waals surface area contributed by atoms with Crippen molar-refractivity contribution in [2.75, 3.05) is 25.6 Å². The zero-order valence-corrected chi connectivity index (χ0v) is 10.4. The highest BCUT2D eigenvalue weighted by molar-refractivity contribution is 6.30. The van der Waals surface area contributed by atoms with Crippen LogP contribution in [0, 0.1) is 5.92 Å². The third-order valence-corrected chi connectivity index (χ3v) is 2.48. The minimum absolute atomic E-state index is 0.188. The van der Waals surface area contributed by atoms with Crippen molar-refractivity contribution in [2.24, 2.45) is 5.92 Å². The van der Waals surface area contributed by atoms with Gasteiger partial charge >= 0.3 is 5.97 Å². The van der Waals surface area contributed by atoms with Crippen LogP contribution in [0.4, 0.5) is 5.82 Å². The predicted octanol–water partition coefficient (Wildman–Crippen LogP) is 1.98. The SMILES string of the molecule is COC(=O)C(C)CN(C)c1ccc(Cl)cn1. The van der Waals surface area contributed by atoms with E-state index in [1.807, 2.05) is 24.9 Å². The Morgan fingerprint density at radius 1 is 1.62 bits per heavy atom. The van der Waals surface area contributed by atoms with Crippen LogP contribution in [0.15, 0.2) is 18.3 Å². The zero-order chi connectivity index (χ0) is 12.1. The molecule has 1 heterocycles. The number of nitrogens with zero attached hydrogens (tertiary/aromatic N) is 2. The highest BCUT2D eigenvalue weighted by Gasteiger charge is 2.16. The van der Waals surface area contributed by atoms with Gasteiger partial charge in [0.25, 0.3) is 0 Å². The van der Waals surface area contributed by atoms with Crippen molar-refractivity contribution in [3.8, 4) is 0 Å². The lowest BCUT2D eigenvalue weighted by molar-refractivity contribution is -0.144. The maximum Gasteiger partial charge on any atom is 0.310 e. The fourth-order valence-electron chi connectivity index (χ4n) is 1.37. The second-order valence-corrected chi connectivity index (χ2v) is 4.08. The second-order valence-electron chi connectivity index (χ2n) is 3.64. The number of methoxy groups -OCH3 is 1. The van der Waals surface area contributed by atoms with E-state index in [1.165, 1.54) is 7.11 Å². The summed E-state index contributed by atoms with van der Waals surface area (Å²) in [5, 5.41) is 0.596. The highest BCUT2D eigenvalue weighted by atomic mass is 35.5. The van der Waals surface area contributed by atoms with E-state index in [1.54, 1.807) is 12.3 Å². The summed E-state index contributed by atoms with van der Waals surface area (Å²) in [6.07, 6.45) is 1.58. The summed E-state index contributed by atoms with van der Waals surface area (Å²) >= 11 is 5.74. The quantitative estimate of drug-likeness (QED) is 0.758. The third kappa shape index (κ3) is 3.38. The lowest BCUT2D eigenvalue weighted by Crippen LogP contribution is -2.29. The predicted molar refractivity (Wildman–Crippen MR) is 63.7 cm³/mol. The molecule has 0 saturated heterocycles. The zero-order valence-electron chi connectivity index (χ0n) is 9.61.